The lowest BCUT2D eigenvalue weighted by molar-refractivity contribution is 0.0691. The van der Waals surface area contributed by atoms with Gasteiger partial charge in [0.1, 0.15) is 11.3 Å². The van der Waals surface area contributed by atoms with Crippen LogP contribution in [0.3, 0.4) is 0 Å². The zero-order valence-corrected chi connectivity index (χ0v) is 13.5. The van der Waals surface area contributed by atoms with E-state index in [-0.39, 0.29) is 23.3 Å². The molecule has 126 valence electrons. The number of hydrogen-bond acceptors (Lipinski definition) is 4. The summed E-state index contributed by atoms with van der Waals surface area (Å²) in [6, 6.07) is 4.35. The number of carbonyl (C=O) groups is 2. The Kier molecular flexibility index (Phi) is 5.98. The van der Waals surface area contributed by atoms with Crippen molar-refractivity contribution in [2.24, 2.45) is 5.92 Å². The number of carboxylic acid groups (broad SMARTS) is 1. The molecule has 0 bridgehead atoms. The maximum atomic E-state index is 12.4. The molecule has 0 spiro atoms. The van der Waals surface area contributed by atoms with E-state index in [1.165, 1.54) is 18.2 Å². The average Bonchev–Trinajstić information content (AvgIpc) is 2.72. The lowest BCUT2D eigenvalue weighted by atomic mass is 10.0. The second kappa shape index (κ2) is 7.97. The van der Waals surface area contributed by atoms with Crippen LogP contribution in [0, 0.1) is 5.92 Å². The van der Waals surface area contributed by atoms with Gasteiger partial charge in [0.2, 0.25) is 0 Å². The van der Waals surface area contributed by atoms with Gasteiger partial charge in [-0.05, 0) is 43.9 Å². The van der Waals surface area contributed by atoms with Crippen LogP contribution >= 0.6 is 0 Å². The minimum absolute atomic E-state index is 0.0258. The Balaban J connectivity index is 2.09. The van der Waals surface area contributed by atoms with Crippen molar-refractivity contribution < 1.29 is 24.2 Å². The van der Waals surface area contributed by atoms with Crippen LogP contribution in [-0.4, -0.2) is 42.8 Å². The second-order valence-corrected chi connectivity index (χ2v) is 5.84. The first-order chi connectivity index (χ1) is 11.0. The molecule has 1 aliphatic heterocycles. The van der Waals surface area contributed by atoms with E-state index in [9.17, 15) is 9.59 Å². The molecule has 0 saturated carbocycles. The largest absolute Gasteiger partial charge is 0.493 e. The Morgan fingerprint density at radius 2 is 2.13 bits per heavy atom. The summed E-state index contributed by atoms with van der Waals surface area (Å²) >= 11 is 0. The van der Waals surface area contributed by atoms with Gasteiger partial charge in [-0.3, -0.25) is 4.79 Å². The molecule has 1 aromatic carbocycles. The number of hydrogen-bond donors (Lipinski definition) is 2. The van der Waals surface area contributed by atoms with E-state index in [0.29, 0.717) is 31.3 Å². The molecule has 1 saturated heterocycles. The Morgan fingerprint density at radius 3 is 2.83 bits per heavy atom. The first kappa shape index (κ1) is 17.3. The third-order valence-corrected chi connectivity index (χ3v) is 3.84. The van der Waals surface area contributed by atoms with Crippen LogP contribution in [0.2, 0.25) is 0 Å². The van der Waals surface area contributed by atoms with E-state index < -0.39 is 5.97 Å². The third-order valence-electron chi connectivity index (χ3n) is 3.84. The minimum atomic E-state index is -1.08. The van der Waals surface area contributed by atoms with Crippen molar-refractivity contribution in [3.05, 3.63) is 29.3 Å². The summed E-state index contributed by atoms with van der Waals surface area (Å²) in [7, 11) is 0. The standard InChI is InChI=1S/C17H23NO5/c1-3-23-15-8-12(5-7-14(15)17(20)21)16(19)18-13-6-4-11(2)9-22-10-13/h5,7-8,11,13H,3-4,6,9-10H2,1-2H3,(H,18,19)(H,20,21). The molecular weight excluding hydrogens is 298 g/mol. The van der Waals surface area contributed by atoms with Gasteiger partial charge in [-0.25, -0.2) is 4.79 Å². The first-order valence-corrected chi connectivity index (χ1v) is 7.90. The fourth-order valence-corrected chi connectivity index (χ4v) is 2.56. The van der Waals surface area contributed by atoms with E-state index in [4.69, 9.17) is 14.6 Å². The molecule has 0 aromatic heterocycles. The highest BCUT2D eigenvalue weighted by atomic mass is 16.5. The van der Waals surface area contributed by atoms with E-state index in [2.05, 4.69) is 12.2 Å². The molecule has 0 aliphatic carbocycles. The quantitative estimate of drug-likeness (QED) is 0.869. The summed E-state index contributed by atoms with van der Waals surface area (Å²) in [4.78, 5) is 23.5. The van der Waals surface area contributed by atoms with Gasteiger partial charge in [0.25, 0.3) is 5.91 Å². The van der Waals surface area contributed by atoms with Crippen molar-refractivity contribution in [1.82, 2.24) is 5.32 Å². The number of ether oxygens (including phenoxy) is 2. The zero-order chi connectivity index (χ0) is 16.8. The van der Waals surface area contributed by atoms with E-state index in [0.717, 1.165) is 12.8 Å². The highest BCUT2D eigenvalue weighted by molar-refractivity contribution is 5.97. The Bertz CT molecular complexity index is 572. The van der Waals surface area contributed by atoms with Crippen LogP contribution in [0.1, 0.15) is 47.4 Å². The predicted octanol–water partition coefficient (Wildman–Crippen LogP) is 2.33. The van der Waals surface area contributed by atoms with Crippen molar-refractivity contribution >= 4 is 11.9 Å². The Morgan fingerprint density at radius 1 is 1.35 bits per heavy atom. The molecule has 6 heteroatoms. The van der Waals surface area contributed by atoms with Crippen molar-refractivity contribution in [3.63, 3.8) is 0 Å². The monoisotopic (exact) mass is 321 g/mol. The fraction of sp³-hybridized carbons (Fsp3) is 0.529. The molecule has 6 nitrogen and oxygen atoms in total. The van der Waals surface area contributed by atoms with Gasteiger partial charge < -0.3 is 19.9 Å². The van der Waals surface area contributed by atoms with Gasteiger partial charge in [0.05, 0.1) is 19.3 Å². The zero-order valence-electron chi connectivity index (χ0n) is 13.5. The molecule has 1 amide bonds. The van der Waals surface area contributed by atoms with E-state index in [1.807, 2.05) is 0 Å². The maximum Gasteiger partial charge on any atom is 0.339 e. The number of carboxylic acids is 1. The Labute approximate surface area is 135 Å². The summed E-state index contributed by atoms with van der Waals surface area (Å²) < 4.78 is 10.9. The summed E-state index contributed by atoms with van der Waals surface area (Å²) in [5, 5.41) is 12.1. The molecule has 2 unspecified atom stereocenters. The lowest BCUT2D eigenvalue weighted by Crippen LogP contribution is -2.37. The number of nitrogens with one attached hydrogen (secondary N) is 1. The van der Waals surface area contributed by atoms with Crippen LogP contribution in [0.4, 0.5) is 0 Å². The van der Waals surface area contributed by atoms with Crippen molar-refractivity contribution in [2.75, 3.05) is 19.8 Å². The smallest absolute Gasteiger partial charge is 0.339 e. The van der Waals surface area contributed by atoms with Gasteiger partial charge in [0.15, 0.2) is 0 Å². The molecule has 1 fully saturated rings. The highest BCUT2D eigenvalue weighted by Crippen LogP contribution is 2.21. The van der Waals surface area contributed by atoms with Crippen LogP contribution in [0.5, 0.6) is 5.75 Å². The number of aromatic carboxylic acids is 1. The van der Waals surface area contributed by atoms with Crippen LogP contribution in [0.15, 0.2) is 18.2 Å². The van der Waals surface area contributed by atoms with Crippen molar-refractivity contribution in [1.29, 1.82) is 0 Å². The van der Waals surface area contributed by atoms with Gasteiger partial charge in [-0.15, -0.1) is 0 Å². The fourth-order valence-electron chi connectivity index (χ4n) is 2.56. The van der Waals surface area contributed by atoms with Crippen LogP contribution in [0.25, 0.3) is 0 Å². The molecule has 1 heterocycles. The predicted molar refractivity (Wildman–Crippen MR) is 85.0 cm³/mol. The molecule has 0 radical (unpaired) electrons. The molecule has 2 atom stereocenters. The molecule has 2 N–H and O–H groups in total. The van der Waals surface area contributed by atoms with Crippen LogP contribution < -0.4 is 10.1 Å². The number of benzene rings is 1. The summed E-state index contributed by atoms with van der Waals surface area (Å²) in [6.45, 7) is 5.45. The summed E-state index contributed by atoms with van der Waals surface area (Å²) in [6.07, 6.45) is 1.88. The van der Waals surface area contributed by atoms with E-state index in [1.54, 1.807) is 6.92 Å². The SMILES string of the molecule is CCOc1cc(C(=O)NC2CCC(C)COC2)ccc1C(=O)O. The van der Waals surface area contributed by atoms with Gasteiger partial charge in [-0.2, -0.15) is 0 Å². The maximum absolute atomic E-state index is 12.4. The van der Waals surface area contributed by atoms with E-state index >= 15 is 0 Å². The van der Waals surface area contributed by atoms with Gasteiger partial charge >= 0.3 is 5.97 Å². The Hall–Kier alpha value is -2.08. The van der Waals surface area contributed by atoms with Crippen LogP contribution in [-0.2, 0) is 4.74 Å². The summed E-state index contributed by atoms with van der Waals surface area (Å²) in [5.41, 5.74) is 0.436. The summed E-state index contributed by atoms with van der Waals surface area (Å²) in [5.74, 6) is -0.618. The highest BCUT2D eigenvalue weighted by Gasteiger charge is 2.20. The number of amides is 1. The molecular formula is C17H23NO5. The first-order valence-electron chi connectivity index (χ1n) is 7.90. The third kappa shape index (κ3) is 4.69. The number of rotatable bonds is 5. The van der Waals surface area contributed by atoms with Gasteiger partial charge in [-0.1, -0.05) is 6.92 Å². The molecule has 1 aliphatic rings. The average molecular weight is 321 g/mol. The second-order valence-electron chi connectivity index (χ2n) is 5.84. The topological polar surface area (TPSA) is 84.9 Å². The minimum Gasteiger partial charge on any atom is -0.493 e. The van der Waals surface area contributed by atoms with Crippen molar-refractivity contribution in [2.45, 2.75) is 32.7 Å². The molecule has 2 rings (SSSR count). The van der Waals surface area contributed by atoms with Gasteiger partial charge in [0, 0.05) is 12.2 Å². The molecule has 23 heavy (non-hydrogen) atoms. The normalized spacial score (nSPS) is 21.3. The number of carbonyl (C=O) groups excluding carboxylic acids is 1. The van der Waals surface area contributed by atoms with Crippen molar-refractivity contribution in [3.8, 4) is 5.75 Å². The molecule has 1 aromatic rings. The lowest BCUT2D eigenvalue weighted by Gasteiger charge is -2.16.